The maximum absolute atomic E-state index is 4.09. The van der Waals surface area contributed by atoms with E-state index in [1.807, 2.05) is 4.68 Å². The van der Waals surface area contributed by atoms with Crippen molar-refractivity contribution in [2.75, 3.05) is 0 Å². The van der Waals surface area contributed by atoms with Crippen LogP contribution in [0.5, 0.6) is 0 Å². The molecule has 0 unspecified atom stereocenters. The molecule has 0 amide bonds. The number of nitrogens with one attached hydrogen (secondary N) is 1. The molecule has 18 heavy (non-hydrogen) atoms. The molecule has 1 heterocycles. The van der Waals surface area contributed by atoms with Crippen LogP contribution in [0.4, 0.5) is 0 Å². The van der Waals surface area contributed by atoms with E-state index >= 15 is 0 Å². The van der Waals surface area contributed by atoms with Crippen LogP contribution in [0.3, 0.4) is 0 Å². The van der Waals surface area contributed by atoms with Gasteiger partial charge in [0.25, 0.3) is 0 Å². The van der Waals surface area contributed by atoms with Crippen molar-refractivity contribution < 1.29 is 0 Å². The minimum Gasteiger partial charge on any atom is -0.308 e. The van der Waals surface area contributed by atoms with Crippen LogP contribution >= 0.6 is 0 Å². The number of hydrogen-bond donors (Lipinski definition) is 1. The Morgan fingerprint density at radius 3 is 2.78 bits per heavy atom. The quantitative estimate of drug-likeness (QED) is 0.841. The third-order valence-electron chi connectivity index (χ3n) is 3.75. The highest BCUT2D eigenvalue weighted by atomic mass is 15.5. The summed E-state index contributed by atoms with van der Waals surface area (Å²) in [4.78, 5) is 0. The first-order chi connectivity index (χ1) is 8.75. The van der Waals surface area contributed by atoms with Gasteiger partial charge in [0.05, 0.1) is 6.54 Å². The van der Waals surface area contributed by atoms with Gasteiger partial charge < -0.3 is 5.32 Å². The Morgan fingerprint density at radius 1 is 1.28 bits per heavy atom. The molecule has 0 atom stereocenters. The highest BCUT2D eigenvalue weighted by molar-refractivity contribution is 4.81. The maximum atomic E-state index is 4.09. The molecule has 1 aliphatic carbocycles. The van der Waals surface area contributed by atoms with E-state index in [-0.39, 0.29) is 0 Å². The second-order valence-corrected chi connectivity index (χ2v) is 5.65. The zero-order valence-electron chi connectivity index (χ0n) is 11.6. The first kappa shape index (κ1) is 13.5. The highest BCUT2D eigenvalue weighted by Crippen LogP contribution is 2.26. The number of aryl methyl sites for hydroxylation is 1. The highest BCUT2D eigenvalue weighted by Gasteiger charge is 2.14. The fourth-order valence-electron chi connectivity index (χ4n) is 2.60. The van der Waals surface area contributed by atoms with Gasteiger partial charge in [-0.3, -0.25) is 0 Å². The summed E-state index contributed by atoms with van der Waals surface area (Å²) in [5, 5.41) is 15.3. The average molecular weight is 251 g/mol. The Bertz CT molecular complexity index is 341. The molecule has 1 fully saturated rings. The lowest BCUT2D eigenvalue weighted by Crippen LogP contribution is -2.24. The van der Waals surface area contributed by atoms with Crippen LogP contribution < -0.4 is 5.32 Å². The lowest BCUT2D eigenvalue weighted by molar-refractivity contribution is 0.315. The Kier molecular flexibility index (Phi) is 5.11. The summed E-state index contributed by atoms with van der Waals surface area (Å²) in [7, 11) is 0. The van der Waals surface area contributed by atoms with E-state index in [1.54, 1.807) is 0 Å². The van der Waals surface area contributed by atoms with Gasteiger partial charge in [-0.25, -0.2) is 4.68 Å². The molecule has 0 radical (unpaired) electrons. The Morgan fingerprint density at radius 2 is 2.06 bits per heavy atom. The van der Waals surface area contributed by atoms with Gasteiger partial charge in [0.1, 0.15) is 0 Å². The van der Waals surface area contributed by atoms with Crippen LogP contribution in [0, 0.1) is 5.92 Å². The maximum Gasteiger partial charge on any atom is 0.165 e. The minimum absolute atomic E-state index is 0.466. The lowest BCUT2D eigenvalue weighted by atomic mass is 9.87. The van der Waals surface area contributed by atoms with Gasteiger partial charge in [-0.1, -0.05) is 46.0 Å². The molecule has 1 saturated carbocycles. The molecular formula is C13H25N5. The monoisotopic (exact) mass is 251 g/mol. The molecule has 1 aromatic rings. The van der Waals surface area contributed by atoms with Crippen LogP contribution in [-0.2, 0) is 13.1 Å². The zero-order chi connectivity index (χ0) is 12.8. The normalized spacial score (nSPS) is 17.5. The van der Waals surface area contributed by atoms with Gasteiger partial charge in [-0.05, 0) is 22.8 Å². The molecule has 0 spiro atoms. The second kappa shape index (κ2) is 6.83. The van der Waals surface area contributed by atoms with Gasteiger partial charge in [-0.2, -0.15) is 0 Å². The molecule has 5 heteroatoms. The summed E-state index contributed by atoms with van der Waals surface area (Å²) in [6.45, 7) is 5.99. The largest absolute Gasteiger partial charge is 0.308 e. The number of nitrogens with zero attached hydrogens (tertiary/aromatic N) is 4. The van der Waals surface area contributed by atoms with Gasteiger partial charge in [0.2, 0.25) is 0 Å². The van der Waals surface area contributed by atoms with Crippen LogP contribution in [-0.4, -0.2) is 26.2 Å². The minimum atomic E-state index is 0.466. The third kappa shape index (κ3) is 4.05. The topological polar surface area (TPSA) is 55.6 Å². The van der Waals surface area contributed by atoms with Crippen LogP contribution in [0.2, 0.25) is 0 Å². The zero-order valence-corrected chi connectivity index (χ0v) is 11.6. The molecule has 0 bridgehead atoms. The van der Waals surface area contributed by atoms with E-state index in [0.717, 1.165) is 24.8 Å². The molecule has 0 aromatic carbocycles. The van der Waals surface area contributed by atoms with Crippen molar-refractivity contribution in [3.05, 3.63) is 5.82 Å². The van der Waals surface area contributed by atoms with Crippen molar-refractivity contribution in [2.45, 2.75) is 71.5 Å². The molecule has 1 N–H and O–H groups in total. The molecule has 5 nitrogen and oxygen atoms in total. The van der Waals surface area contributed by atoms with E-state index in [4.69, 9.17) is 0 Å². The van der Waals surface area contributed by atoms with E-state index in [2.05, 4.69) is 34.7 Å². The predicted octanol–water partition coefficient (Wildman–Crippen LogP) is 2.14. The average Bonchev–Trinajstić information content (AvgIpc) is 2.82. The van der Waals surface area contributed by atoms with Crippen LogP contribution in [0.15, 0.2) is 0 Å². The standard InChI is InChI=1S/C13H25N5/c1-11(2)14-10-13-15-16-17-18(13)9-8-12-6-4-3-5-7-12/h11-12,14H,3-10H2,1-2H3. The summed E-state index contributed by atoms with van der Waals surface area (Å²) >= 11 is 0. The van der Waals surface area contributed by atoms with Crippen molar-refractivity contribution in [3.63, 3.8) is 0 Å². The summed E-state index contributed by atoms with van der Waals surface area (Å²) in [6.07, 6.45) is 8.23. The molecule has 1 aliphatic rings. The molecule has 1 aromatic heterocycles. The fourth-order valence-corrected chi connectivity index (χ4v) is 2.60. The Balaban J connectivity index is 1.79. The van der Waals surface area contributed by atoms with E-state index in [0.29, 0.717) is 6.04 Å². The van der Waals surface area contributed by atoms with Gasteiger partial charge in [0.15, 0.2) is 5.82 Å². The van der Waals surface area contributed by atoms with Crippen molar-refractivity contribution in [1.29, 1.82) is 0 Å². The van der Waals surface area contributed by atoms with Gasteiger partial charge in [-0.15, -0.1) is 5.10 Å². The molecule has 2 rings (SSSR count). The summed E-state index contributed by atoms with van der Waals surface area (Å²) in [5.74, 6) is 1.84. The van der Waals surface area contributed by atoms with Crippen molar-refractivity contribution in [2.24, 2.45) is 5.92 Å². The third-order valence-corrected chi connectivity index (χ3v) is 3.75. The summed E-state index contributed by atoms with van der Waals surface area (Å²) < 4.78 is 1.96. The molecule has 102 valence electrons. The predicted molar refractivity (Wildman–Crippen MR) is 71.0 cm³/mol. The summed E-state index contributed by atoms with van der Waals surface area (Å²) in [5.41, 5.74) is 0. The number of aromatic nitrogens is 4. The first-order valence-electron chi connectivity index (χ1n) is 7.24. The number of hydrogen-bond acceptors (Lipinski definition) is 4. The SMILES string of the molecule is CC(C)NCc1nnnn1CCC1CCCCC1. The summed E-state index contributed by atoms with van der Waals surface area (Å²) in [6, 6.07) is 0.466. The van der Waals surface area contributed by atoms with Gasteiger partial charge >= 0.3 is 0 Å². The van der Waals surface area contributed by atoms with Crippen molar-refractivity contribution >= 4 is 0 Å². The Labute approximate surface area is 109 Å². The lowest BCUT2D eigenvalue weighted by Gasteiger charge is -2.21. The van der Waals surface area contributed by atoms with Crippen LogP contribution in [0.1, 0.15) is 58.2 Å². The van der Waals surface area contributed by atoms with E-state index in [1.165, 1.54) is 38.5 Å². The van der Waals surface area contributed by atoms with Crippen molar-refractivity contribution in [1.82, 2.24) is 25.5 Å². The second-order valence-electron chi connectivity index (χ2n) is 5.65. The molecule has 0 aliphatic heterocycles. The smallest absolute Gasteiger partial charge is 0.165 e. The van der Waals surface area contributed by atoms with Crippen LogP contribution in [0.25, 0.3) is 0 Å². The van der Waals surface area contributed by atoms with Gasteiger partial charge in [0, 0.05) is 12.6 Å². The van der Waals surface area contributed by atoms with E-state index in [9.17, 15) is 0 Å². The van der Waals surface area contributed by atoms with E-state index < -0.39 is 0 Å². The Hall–Kier alpha value is -0.970. The first-order valence-corrected chi connectivity index (χ1v) is 7.24. The number of rotatable bonds is 6. The fraction of sp³-hybridized carbons (Fsp3) is 0.923. The van der Waals surface area contributed by atoms with Crippen molar-refractivity contribution in [3.8, 4) is 0 Å². The molecular weight excluding hydrogens is 226 g/mol. The number of tetrazole rings is 1. The molecule has 0 saturated heterocycles.